The van der Waals surface area contributed by atoms with Crippen molar-refractivity contribution in [3.05, 3.63) is 12.2 Å². The van der Waals surface area contributed by atoms with Crippen LogP contribution < -0.4 is 0 Å². The third kappa shape index (κ3) is 2.47. The Morgan fingerprint density at radius 3 is 2.22 bits per heavy atom. The van der Waals surface area contributed by atoms with Gasteiger partial charge in [-0.1, -0.05) is 27.4 Å². The minimum absolute atomic E-state index is 0.0368. The van der Waals surface area contributed by atoms with Gasteiger partial charge >= 0.3 is 5.97 Å². The zero-order valence-electron chi connectivity index (χ0n) is 15.1. The molecule has 3 nitrogen and oxygen atoms in total. The van der Waals surface area contributed by atoms with Crippen molar-refractivity contribution in [3.8, 4) is 0 Å². The average molecular weight is 320 g/mol. The molecule has 4 atom stereocenters. The zero-order valence-corrected chi connectivity index (χ0v) is 15.1. The van der Waals surface area contributed by atoms with Gasteiger partial charge in [-0.3, -0.25) is 0 Å². The maximum absolute atomic E-state index is 11.7. The lowest BCUT2D eigenvalue weighted by molar-refractivity contribution is -0.146. The van der Waals surface area contributed by atoms with E-state index >= 15 is 0 Å². The Morgan fingerprint density at radius 2 is 1.74 bits per heavy atom. The molecule has 0 aliphatic heterocycles. The molecule has 2 bridgehead atoms. The molecule has 3 heteroatoms. The largest absolute Gasteiger partial charge is 0.459 e. The van der Waals surface area contributed by atoms with Crippen LogP contribution in [0.3, 0.4) is 0 Å². The van der Waals surface area contributed by atoms with Crippen LogP contribution >= 0.6 is 0 Å². The lowest BCUT2D eigenvalue weighted by Gasteiger charge is -2.40. The van der Waals surface area contributed by atoms with Gasteiger partial charge in [-0.15, -0.1) is 0 Å². The molecule has 23 heavy (non-hydrogen) atoms. The van der Waals surface area contributed by atoms with Gasteiger partial charge in [-0.05, 0) is 74.0 Å². The minimum atomic E-state index is -0.262. The Morgan fingerprint density at radius 1 is 1.13 bits per heavy atom. The highest BCUT2D eigenvalue weighted by Crippen LogP contribution is 2.69. The number of hydrogen-bond acceptors (Lipinski definition) is 3. The van der Waals surface area contributed by atoms with E-state index in [2.05, 4.69) is 27.4 Å². The van der Waals surface area contributed by atoms with Gasteiger partial charge in [0.05, 0.1) is 6.10 Å². The monoisotopic (exact) mass is 320 g/mol. The van der Waals surface area contributed by atoms with Gasteiger partial charge in [0.25, 0.3) is 0 Å². The quantitative estimate of drug-likeness (QED) is 0.629. The molecule has 130 valence electrons. The smallest absolute Gasteiger partial charge is 0.333 e. The Kier molecular flexibility index (Phi) is 4.15. The number of fused-ring (bicyclic) bond motifs is 2. The highest BCUT2D eigenvalue weighted by Gasteiger charge is 2.66. The van der Waals surface area contributed by atoms with Crippen LogP contribution in [0.4, 0.5) is 0 Å². The third-order valence-corrected chi connectivity index (χ3v) is 7.74. The lowest BCUT2D eigenvalue weighted by Crippen LogP contribution is -2.41. The summed E-state index contributed by atoms with van der Waals surface area (Å²) in [6.07, 6.45) is 6.28. The van der Waals surface area contributed by atoms with Crippen molar-refractivity contribution in [1.82, 2.24) is 0 Å². The molecular formula is C20H32O3. The predicted molar refractivity (Wildman–Crippen MR) is 90.8 cm³/mol. The third-order valence-electron chi connectivity index (χ3n) is 7.74. The van der Waals surface area contributed by atoms with Crippen LogP contribution in [0.1, 0.15) is 66.2 Å². The van der Waals surface area contributed by atoms with E-state index in [0.717, 1.165) is 32.1 Å². The van der Waals surface area contributed by atoms with E-state index in [1.165, 1.54) is 6.42 Å². The van der Waals surface area contributed by atoms with Gasteiger partial charge < -0.3 is 9.84 Å². The minimum Gasteiger partial charge on any atom is -0.459 e. The lowest BCUT2D eigenvalue weighted by atomic mass is 9.68. The second-order valence-corrected chi connectivity index (χ2v) is 9.03. The summed E-state index contributed by atoms with van der Waals surface area (Å²) < 4.78 is 5.51. The topological polar surface area (TPSA) is 46.5 Å². The van der Waals surface area contributed by atoms with E-state index in [1.54, 1.807) is 6.92 Å². The van der Waals surface area contributed by atoms with Crippen LogP contribution in [0.25, 0.3) is 0 Å². The molecule has 0 saturated heterocycles. The highest BCUT2D eigenvalue weighted by molar-refractivity contribution is 5.87. The van der Waals surface area contributed by atoms with E-state index in [9.17, 15) is 9.90 Å². The summed E-state index contributed by atoms with van der Waals surface area (Å²) in [4.78, 5) is 11.7. The van der Waals surface area contributed by atoms with Crippen LogP contribution in [0.5, 0.6) is 0 Å². The first-order chi connectivity index (χ1) is 10.7. The summed E-state index contributed by atoms with van der Waals surface area (Å²) in [7, 11) is 0. The maximum atomic E-state index is 11.7. The Labute approximate surface area is 140 Å². The first-order valence-electron chi connectivity index (χ1n) is 9.23. The molecule has 3 aliphatic carbocycles. The molecule has 3 saturated carbocycles. The second kappa shape index (κ2) is 5.61. The Bertz CT molecular complexity index is 501. The average Bonchev–Trinajstić information content (AvgIpc) is 2.80. The standard InChI is InChI=1S/C20H32O3/c1-12(2)18(22)23-14-8-6-13(7-9-14)16-15-10-11-20(5,17(16)21)19(15,3)4/h13-17,21H,1,6-11H2,2-5H3/t13?,14?,15-,16?,17-,20+/m1/s1. The summed E-state index contributed by atoms with van der Waals surface area (Å²) >= 11 is 0. The van der Waals surface area contributed by atoms with Gasteiger partial charge in [0, 0.05) is 5.57 Å². The van der Waals surface area contributed by atoms with Crippen molar-refractivity contribution >= 4 is 5.97 Å². The fraction of sp³-hybridized carbons (Fsp3) is 0.850. The van der Waals surface area contributed by atoms with E-state index < -0.39 is 0 Å². The molecular weight excluding hydrogens is 288 g/mol. The van der Waals surface area contributed by atoms with E-state index in [4.69, 9.17) is 4.74 Å². The van der Waals surface area contributed by atoms with Gasteiger partial charge in [0.2, 0.25) is 0 Å². The van der Waals surface area contributed by atoms with Crippen LogP contribution in [0.15, 0.2) is 12.2 Å². The number of esters is 1. The van der Waals surface area contributed by atoms with Crippen molar-refractivity contribution in [3.63, 3.8) is 0 Å². The molecule has 0 aromatic rings. The van der Waals surface area contributed by atoms with Crippen molar-refractivity contribution < 1.29 is 14.6 Å². The summed E-state index contributed by atoms with van der Waals surface area (Å²) in [6, 6.07) is 0. The number of carbonyl (C=O) groups excluding carboxylic acids is 1. The first-order valence-corrected chi connectivity index (χ1v) is 9.23. The van der Waals surface area contributed by atoms with Crippen LogP contribution in [0.2, 0.25) is 0 Å². The summed E-state index contributed by atoms with van der Waals surface area (Å²) in [5.41, 5.74) is 0.789. The number of aliphatic hydroxyl groups is 1. The van der Waals surface area contributed by atoms with Crippen molar-refractivity contribution in [2.24, 2.45) is 28.6 Å². The number of rotatable bonds is 3. The fourth-order valence-corrected chi connectivity index (χ4v) is 5.84. The molecule has 0 heterocycles. The molecule has 0 aromatic carbocycles. The Hall–Kier alpha value is -0.830. The molecule has 0 aromatic heterocycles. The zero-order chi connectivity index (χ0) is 17.0. The first kappa shape index (κ1) is 17.0. The molecule has 1 N–H and O–H groups in total. The van der Waals surface area contributed by atoms with Crippen molar-refractivity contribution in [2.75, 3.05) is 0 Å². The highest BCUT2D eigenvalue weighted by atomic mass is 16.5. The molecule has 0 amide bonds. The molecule has 3 rings (SSSR count). The van der Waals surface area contributed by atoms with Gasteiger partial charge in [0.1, 0.15) is 6.10 Å². The molecule has 1 unspecified atom stereocenters. The number of ether oxygens (including phenoxy) is 1. The maximum Gasteiger partial charge on any atom is 0.333 e. The molecule has 0 spiro atoms. The van der Waals surface area contributed by atoms with E-state index in [0.29, 0.717) is 23.3 Å². The molecule has 0 radical (unpaired) electrons. The summed E-state index contributed by atoms with van der Waals surface area (Å²) in [5.74, 6) is 1.39. The molecule has 3 fully saturated rings. The number of aliphatic hydroxyl groups excluding tert-OH is 1. The normalized spacial score (nSPS) is 45.0. The van der Waals surface area contributed by atoms with Crippen LogP contribution in [-0.2, 0) is 9.53 Å². The number of hydrogen-bond donors (Lipinski definition) is 1. The molecule has 3 aliphatic rings. The summed E-state index contributed by atoms with van der Waals surface area (Å²) in [5, 5.41) is 11.0. The van der Waals surface area contributed by atoms with Crippen molar-refractivity contribution in [1.29, 1.82) is 0 Å². The van der Waals surface area contributed by atoms with Gasteiger partial charge in [-0.2, -0.15) is 0 Å². The fourth-order valence-electron chi connectivity index (χ4n) is 5.84. The van der Waals surface area contributed by atoms with Crippen LogP contribution in [-0.4, -0.2) is 23.3 Å². The Balaban J connectivity index is 1.63. The SMILES string of the molecule is C=C(C)C(=O)OC1CCC(C2[C@H]3CC[C@@](C)([C@@H]2O)C3(C)C)CC1. The van der Waals surface area contributed by atoms with E-state index in [1.807, 2.05) is 0 Å². The summed E-state index contributed by atoms with van der Waals surface area (Å²) in [6.45, 7) is 12.3. The van der Waals surface area contributed by atoms with E-state index in [-0.39, 0.29) is 29.0 Å². The van der Waals surface area contributed by atoms with Gasteiger partial charge in [0.15, 0.2) is 0 Å². The van der Waals surface area contributed by atoms with Crippen molar-refractivity contribution in [2.45, 2.75) is 78.4 Å². The number of carbonyl (C=O) groups is 1. The van der Waals surface area contributed by atoms with Gasteiger partial charge in [-0.25, -0.2) is 4.79 Å². The van der Waals surface area contributed by atoms with Crippen LogP contribution in [0, 0.1) is 28.6 Å². The second-order valence-electron chi connectivity index (χ2n) is 9.03. The predicted octanol–water partition coefficient (Wildman–Crippen LogP) is 4.10.